The van der Waals surface area contributed by atoms with Gasteiger partial charge in [-0.15, -0.1) is 0 Å². The number of hydrogen-bond acceptors (Lipinski definition) is 1. The second kappa shape index (κ2) is 2.98. The standard InChI is InChI=1S/C10H18O/c1-8-4-5-10(3,6-7-11)9(8)2/h9,11H,1,4-7H2,2-3H3/t9-,10-/m1/s1. The number of aliphatic hydroxyl groups excluding tert-OH is 1. The second-order valence-corrected chi connectivity index (χ2v) is 4.01. The van der Waals surface area contributed by atoms with Gasteiger partial charge < -0.3 is 5.11 Å². The molecule has 1 aliphatic rings. The zero-order valence-corrected chi connectivity index (χ0v) is 7.56. The Morgan fingerprint density at radius 1 is 1.73 bits per heavy atom. The van der Waals surface area contributed by atoms with E-state index in [1.807, 2.05) is 0 Å². The molecule has 1 heteroatoms. The molecule has 0 aromatic carbocycles. The van der Waals surface area contributed by atoms with Crippen molar-refractivity contribution in [3.05, 3.63) is 12.2 Å². The minimum atomic E-state index is 0.314. The molecule has 1 N–H and O–H groups in total. The molecule has 64 valence electrons. The molecule has 1 fully saturated rings. The first-order valence-corrected chi connectivity index (χ1v) is 4.39. The quantitative estimate of drug-likeness (QED) is 0.605. The molecule has 0 bridgehead atoms. The summed E-state index contributed by atoms with van der Waals surface area (Å²) in [7, 11) is 0. The SMILES string of the molecule is C=C1CC[C@](C)(CCO)[C@@H]1C. The van der Waals surface area contributed by atoms with Crippen LogP contribution in [-0.4, -0.2) is 11.7 Å². The van der Waals surface area contributed by atoms with Gasteiger partial charge in [-0.2, -0.15) is 0 Å². The van der Waals surface area contributed by atoms with Gasteiger partial charge in [0, 0.05) is 6.61 Å². The first-order chi connectivity index (χ1) is 5.10. The molecule has 0 amide bonds. The van der Waals surface area contributed by atoms with Crippen molar-refractivity contribution in [3.63, 3.8) is 0 Å². The Bertz CT molecular complexity index is 162. The van der Waals surface area contributed by atoms with Crippen LogP contribution < -0.4 is 0 Å². The zero-order valence-electron chi connectivity index (χ0n) is 7.56. The van der Waals surface area contributed by atoms with Crippen LogP contribution in [0.5, 0.6) is 0 Å². The molecule has 0 aliphatic heterocycles. The van der Waals surface area contributed by atoms with Crippen LogP contribution in [0.2, 0.25) is 0 Å². The molecule has 0 aromatic heterocycles. The average molecular weight is 154 g/mol. The Morgan fingerprint density at radius 3 is 2.73 bits per heavy atom. The number of rotatable bonds is 2. The summed E-state index contributed by atoms with van der Waals surface area (Å²) in [6.07, 6.45) is 3.28. The molecule has 0 saturated heterocycles. The lowest BCUT2D eigenvalue weighted by atomic mass is 9.77. The van der Waals surface area contributed by atoms with E-state index in [2.05, 4.69) is 20.4 Å². The molecule has 0 radical (unpaired) electrons. The van der Waals surface area contributed by atoms with Crippen molar-refractivity contribution in [1.82, 2.24) is 0 Å². The van der Waals surface area contributed by atoms with Crippen molar-refractivity contribution in [2.45, 2.75) is 33.1 Å². The Balaban J connectivity index is 2.64. The van der Waals surface area contributed by atoms with Crippen molar-refractivity contribution >= 4 is 0 Å². The maximum atomic E-state index is 8.87. The normalized spacial score (nSPS) is 38.1. The fourth-order valence-corrected chi connectivity index (χ4v) is 1.97. The predicted molar refractivity (Wildman–Crippen MR) is 47.3 cm³/mol. The molecule has 0 heterocycles. The summed E-state index contributed by atoms with van der Waals surface area (Å²) in [5.74, 6) is 0.592. The smallest absolute Gasteiger partial charge is 0.0436 e. The summed E-state index contributed by atoms with van der Waals surface area (Å²) in [4.78, 5) is 0. The third kappa shape index (κ3) is 1.48. The van der Waals surface area contributed by atoms with E-state index in [4.69, 9.17) is 5.11 Å². The molecule has 1 nitrogen and oxygen atoms in total. The summed E-state index contributed by atoms with van der Waals surface area (Å²) in [5.41, 5.74) is 1.69. The van der Waals surface area contributed by atoms with E-state index >= 15 is 0 Å². The summed E-state index contributed by atoms with van der Waals surface area (Å²) in [6.45, 7) is 8.83. The van der Waals surface area contributed by atoms with E-state index in [-0.39, 0.29) is 0 Å². The van der Waals surface area contributed by atoms with Gasteiger partial charge in [0.15, 0.2) is 0 Å². The van der Waals surface area contributed by atoms with Crippen LogP contribution in [0.1, 0.15) is 33.1 Å². The van der Waals surface area contributed by atoms with E-state index in [0.717, 1.165) is 12.8 Å². The van der Waals surface area contributed by atoms with Gasteiger partial charge in [0.2, 0.25) is 0 Å². The van der Waals surface area contributed by atoms with Crippen LogP contribution in [0.3, 0.4) is 0 Å². The molecular weight excluding hydrogens is 136 g/mol. The van der Waals surface area contributed by atoms with Crippen LogP contribution in [0.4, 0.5) is 0 Å². The highest BCUT2D eigenvalue weighted by Crippen LogP contribution is 2.47. The molecule has 0 unspecified atom stereocenters. The largest absolute Gasteiger partial charge is 0.396 e. The van der Waals surface area contributed by atoms with Gasteiger partial charge in [0.05, 0.1) is 0 Å². The Morgan fingerprint density at radius 2 is 2.36 bits per heavy atom. The maximum absolute atomic E-state index is 8.87. The second-order valence-electron chi connectivity index (χ2n) is 4.01. The fourth-order valence-electron chi connectivity index (χ4n) is 1.97. The Labute approximate surface area is 69.1 Å². The van der Waals surface area contributed by atoms with Gasteiger partial charge in [-0.05, 0) is 30.6 Å². The van der Waals surface area contributed by atoms with Crippen LogP contribution in [0.25, 0.3) is 0 Å². The Hall–Kier alpha value is -0.300. The topological polar surface area (TPSA) is 20.2 Å². The molecule has 2 atom stereocenters. The van der Waals surface area contributed by atoms with Gasteiger partial charge in [0.1, 0.15) is 0 Å². The molecule has 0 aromatic rings. The molecule has 1 saturated carbocycles. The van der Waals surface area contributed by atoms with Gasteiger partial charge >= 0.3 is 0 Å². The lowest BCUT2D eigenvalue weighted by Crippen LogP contribution is -2.21. The first-order valence-electron chi connectivity index (χ1n) is 4.39. The minimum Gasteiger partial charge on any atom is -0.396 e. The highest BCUT2D eigenvalue weighted by Gasteiger charge is 2.37. The monoisotopic (exact) mass is 154 g/mol. The zero-order chi connectivity index (χ0) is 8.48. The van der Waals surface area contributed by atoms with E-state index < -0.39 is 0 Å². The number of allylic oxidation sites excluding steroid dienone is 1. The minimum absolute atomic E-state index is 0.314. The van der Waals surface area contributed by atoms with Gasteiger partial charge in [-0.25, -0.2) is 0 Å². The van der Waals surface area contributed by atoms with Crippen LogP contribution >= 0.6 is 0 Å². The van der Waals surface area contributed by atoms with Crippen LogP contribution in [0.15, 0.2) is 12.2 Å². The Kier molecular flexibility index (Phi) is 2.38. The average Bonchev–Trinajstić information content (AvgIpc) is 2.19. The molecule has 11 heavy (non-hydrogen) atoms. The number of hydrogen-bond donors (Lipinski definition) is 1. The van der Waals surface area contributed by atoms with Gasteiger partial charge in [0.25, 0.3) is 0 Å². The summed E-state index contributed by atoms with van der Waals surface area (Å²) >= 11 is 0. The third-order valence-electron chi connectivity index (χ3n) is 3.36. The fraction of sp³-hybridized carbons (Fsp3) is 0.800. The van der Waals surface area contributed by atoms with E-state index in [1.54, 1.807) is 0 Å². The summed E-state index contributed by atoms with van der Waals surface area (Å²) in [6, 6.07) is 0. The molecule has 1 rings (SSSR count). The van der Waals surface area contributed by atoms with Gasteiger partial charge in [-0.1, -0.05) is 26.0 Å². The highest BCUT2D eigenvalue weighted by atomic mass is 16.3. The lowest BCUT2D eigenvalue weighted by Gasteiger charge is -2.28. The van der Waals surface area contributed by atoms with Crippen molar-refractivity contribution < 1.29 is 5.11 Å². The summed E-state index contributed by atoms with van der Waals surface area (Å²) in [5, 5.41) is 8.87. The lowest BCUT2D eigenvalue weighted by molar-refractivity contribution is 0.169. The molecular formula is C10H18O. The predicted octanol–water partition coefficient (Wildman–Crippen LogP) is 2.36. The van der Waals surface area contributed by atoms with Crippen LogP contribution in [0, 0.1) is 11.3 Å². The number of aliphatic hydroxyl groups is 1. The van der Waals surface area contributed by atoms with Crippen molar-refractivity contribution in [1.29, 1.82) is 0 Å². The maximum Gasteiger partial charge on any atom is 0.0436 e. The molecule has 1 aliphatic carbocycles. The molecule has 0 spiro atoms. The van der Waals surface area contributed by atoms with Crippen molar-refractivity contribution in [3.8, 4) is 0 Å². The highest BCUT2D eigenvalue weighted by molar-refractivity contribution is 5.11. The summed E-state index contributed by atoms with van der Waals surface area (Å²) < 4.78 is 0. The van der Waals surface area contributed by atoms with Crippen LogP contribution in [-0.2, 0) is 0 Å². The first kappa shape index (κ1) is 8.79. The van der Waals surface area contributed by atoms with Crippen molar-refractivity contribution in [2.24, 2.45) is 11.3 Å². The van der Waals surface area contributed by atoms with Crippen molar-refractivity contribution in [2.75, 3.05) is 6.61 Å². The third-order valence-corrected chi connectivity index (χ3v) is 3.36. The van der Waals surface area contributed by atoms with Gasteiger partial charge in [-0.3, -0.25) is 0 Å². The van der Waals surface area contributed by atoms with E-state index in [0.29, 0.717) is 17.9 Å². The van der Waals surface area contributed by atoms with E-state index in [1.165, 1.54) is 12.0 Å². The van der Waals surface area contributed by atoms with E-state index in [9.17, 15) is 0 Å².